The number of anilines is 1. The molecule has 0 aromatic heterocycles. The molecule has 1 heterocycles. The van der Waals surface area contributed by atoms with E-state index >= 15 is 0 Å². The van der Waals surface area contributed by atoms with E-state index in [4.69, 9.17) is 4.74 Å². The Morgan fingerprint density at radius 3 is 2.65 bits per heavy atom. The highest BCUT2D eigenvalue weighted by Gasteiger charge is 2.35. The minimum atomic E-state index is -0.426. The van der Waals surface area contributed by atoms with Gasteiger partial charge in [0.1, 0.15) is 0 Å². The molecule has 9 heteroatoms. The van der Waals surface area contributed by atoms with Crippen molar-refractivity contribution >= 4 is 29.9 Å². The molecule has 0 bridgehead atoms. The van der Waals surface area contributed by atoms with Crippen LogP contribution in [0.2, 0.25) is 0 Å². The number of methoxy groups -OCH3 is 1. The molecule has 2 rings (SSSR count). The minimum absolute atomic E-state index is 0.278. The summed E-state index contributed by atoms with van der Waals surface area (Å²) in [5.41, 5.74) is 1.03. The van der Waals surface area contributed by atoms with Crippen molar-refractivity contribution in [3.63, 3.8) is 0 Å². The lowest BCUT2D eigenvalue weighted by molar-refractivity contribution is -0.109. The number of rotatable bonds is 10. The number of fused-ring (bicyclic) bond motifs is 1. The molecule has 1 aliphatic rings. The van der Waals surface area contributed by atoms with Crippen molar-refractivity contribution in [3.8, 4) is 0 Å². The zero-order valence-electron chi connectivity index (χ0n) is 14.5. The van der Waals surface area contributed by atoms with Crippen molar-refractivity contribution in [1.29, 1.82) is 0 Å². The second-order valence-electron chi connectivity index (χ2n) is 5.68. The van der Waals surface area contributed by atoms with E-state index < -0.39 is 6.03 Å². The van der Waals surface area contributed by atoms with Gasteiger partial charge in [0.05, 0.1) is 11.1 Å². The Labute approximate surface area is 151 Å². The molecular weight excluding hydrogens is 340 g/mol. The lowest BCUT2D eigenvalue weighted by Crippen LogP contribution is -2.31. The lowest BCUT2D eigenvalue weighted by atomic mass is 10.1. The molecule has 0 atom stereocenters. The van der Waals surface area contributed by atoms with Crippen molar-refractivity contribution in [2.24, 2.45) is 0 Å². The van der Waals surface area contributed by atoms with Gasteiger partial charge in [-0.15, -0.1) is 0 Å². The van der Waals surface area contributed by atoms with Crippen LogP contribution in [0.1, 0.15) is 33.6 Å². The van der Waals surface area contributed by atoms with Gasteiger partial charge >= 0.3 is 6.03 Å². The molecule has 5 amide bonds. The zero-order valence-corrected chi connectivity index (χ0v) is 14.5. The van der Waals surface area contributed by atoms with Gasteiger partial charge in [-0.05, 0) is 31.0 Å². The Hall–Kier alpha value is -2.94. The van der Waals surface area contributed by atoms with Crippen LogP contribution in [-0.2, 0) is 9.53 Å². The highest BCUT2D eigenvalue weighted by atomic mass is 16.5. The second-order valence-corrected chi connectivity index (χ2v) is 5.68. The van der Waals surface area contributed by atoms with E-state index in [1.54, 1.807) is 13.2 Å². The first-order valence-corrected chi connectivity index (χ1v) is 8.29. The molecule has 1 aromatic rings. The zero-order chi connectivity index (χ0) is 18.9. The Bertz CT molecular complexity index is 692. The Balaban J connectivity index is 1.93. The number of hydrogen-bond acceptors (Lipinski definition) is 5. The summed E-state index contributed by atoms with van der Waals surface area (Å²) in [6, 6.07) is 4.19. The van der Waals surface area contributed by atoms with Crippen LogP contribution >= 0.6 is 0 Å². The van der Waals surface area contributed by atoms with Crippen LogP contribution in [0.3, 0.4) is 0 Å². The summed E-state index contributed by atoms with van der Waals surface area (Å²) in [5, 5.41) is 7.76. The van der Waals surface area contributed by atoms with Crippen LogP contribution in [0, 0.1) is 0 Å². The number of hydrogen-bond donors (Lipinski definition) is 3. The fourth-order valence-corrected chi connectivity index (χ4v) is 2.57. The fraction of sp³-hybridized carbons (Fsp3) is 0.412. The molecule has 1 aliphatic heterocycles. The Kier molecular flexibility index (Phi) is 7.10. The van der Waals surface area contributed by atoms with Crippen LogP contribution in [0.25, 0.3) is 0 Å². The molecule has 0 saturated carbocycles. The van der Waals surface area contributed by atoms with Gasteiger partial charge in [0.15, 0.2) is 0 Å². The minimum Gasteiger partial charge on any atom is -0.385 e. The van der Waals surface area contributed by atoms with Gasteiger partial charge < -0.3 is 20.7 Å². The number of urea groups is 1. The molecule has 3 N–H and O–H groups in total. The van der Waals surface area contributed by atoms with E-state index in [-0.39, 0.29) is 23.9 Å². The van der Waals surface area contributed by atoms with Crippen molar-refractivity contribution in [2.45, 2.75) is 12.8 Å². The fourth-order valence-electron chi connectivity index (χ4n) is 2.57. The predicted octanol–water partition coefficient (Wildman–Crippen LogP) is 0.577. The number of benzene rings is 1. The molecular formula is C17H22N4O5. The topological polar surface area (TPSA) is 117 Å². The highest BCUT2D eigenvalue weighted by molar-refractivity contribution is 6.21. The van der Waals surface area contributed by atoms with Gasteiger partial charge in [0.2, 0.25) is 6.41 Å². The summed E-state index contributed by atoms with van der Waals surface area (Å²) < 4.78 is 4.94. The molecule has 0 fully saturated rings. The predicted molar refractivity (Wildman–Crippen MR) is 94.0 cm³/mol. The van der Waals surface area contributed by atoms with Crippen LogP contribution < -0.4 is 16.0 Å². The molecule has 1 aromatic carbocycles. The van der Waals surface area contributed by atoms with Gasteiger partial charge in [-0.3, -0.25) is 19.3 Å². The van der Waals surface area contributed by atoms with Crippen molar-refractivity contribution in [3.05, 3.63) is 29.3 Å². The standard InChI is InChI=1S/C17H22N4O5/c1-26-9-3-8-21-15(23)13-5-4-12(10-14(13)16(21)24)20-17(25)19-7-2-6-18-11-22/h4-5,10-11H,2-3,6-9H2,1H3,(H,18,22)(H2,19,20,25). The van der Waals surface area contributed by atoms with Gasteiger partial charge in [-0.1, -0.05) is 0 Å². The number of carbonyl (C=O) groups excluding carboxylic acids is 4. The lowest BCUT2D eigenvalue weighted by Gasteiger charge is -2.12. The van der Waals surface area contributed by atoms with E-state index in [0.29, 0.717) is 50.2 Å². The molecule has 0 aliphatic carbocycles. The van der Waals surface area contributed by atoms with Crippen LogP contribution in [0.15, 0.2) is 18.2 Å². The molecule has 26 heavy (non-hydrogen) atoms. The van der Waals surface area contributed by atoms with E-state index in [2.05, 4.69) is 16.0 Å². The molecule has 0 spiro atoms. The SMILES string of the molecule is COCCCN1C(=O)c2ccc(NC(=O)NCCCNC=O)cc2C1=O. The third-order valence-electron chi connectivity index (χ3n) is 3.83. The summed E-state index contributed by atoms with van der Waals surface area (Å²) in [7, 11) is 1.56. The molecule has 9 nitrogen and oxygen atoms in total. The maximum Gasteiger partial charge on any atom is 0.319 e. The number of nitrogens with one attached hydrogen (secondary N) is 3. The number of nitrogens with zero attached hydrogens (tertiary/aromatic N) is 1. The highest BCUT2D eigenvalue weighted by Crippen LogP contribution is 2.26. The summed E-state index contributed by atoms with van der Waals surface area (Å²) in [6.07, 6.45) is 1.76. The van der Waals surface area contributed by atoms with E-state index in [1.807, 2.05) is 0 Å². The average Bonchev–Trinajstić information content (AvgIpc) is 2.86. The average molecular weight is 362 g/mol. The molecule has 0 unspecified atom stereocenters. The summed E-state index contributed by atoms with van der Waals surface area (Å²) in [5.74, 6) is -0.704. The quantitative estimate of drug-likeness (QED) is 0.320. The maximum absolute atomic E-state index is 12.4. The number of amides is 5. The van der Waals surface area contributed by atoms with E-state index in [0.717, 1.165) is 0 Å². The monoisotopic (exact) mass is 362 g/mol. The van der Waals surface area contributed by atoms with Crippen molar-refractivity contribution < 1.29 is 23.9 Å². The summed E-state index contributed by atoms with van der Waals surface area (Å²) in [4.78, 5) is 47.8. The Morgan fingerprint density at radius 2 is 1.92 bits per heavy atom. The Morgan fingerprint density at radius 1 is 1.15 bits per heavy atom. The van der Waals surface area contributed by atoms with E-state index in [9.17, 15) is 19.2 Å². The smallest absolute Gasteiger partial charge is 0.319 e. The van der Waals surface area contributed by atoms with Gasteiger partial charge in [-0.2, -0.15) is 0 Å². The maximum atomic E-state index is 12.4. The first-order chi connectivity index (χ1) is 12.6. The summed E-state index contributed by atoms with van der Waals surface area (Å²) >= 11 is 0. The second kappa shape index (κ2) is 9.52. The first kappa shape index (κ1) is 19.4. The third kappa shape index (κ3) is 4.79. The van der Waals surface area contributed by atoms with Gasteiger partial charge in [0.25, 0.3) is 11.8 Å². The summed E-state index contributed by atoms with van der Waals surface area (Å²) in [6.45, 7) is 1.61. The number of ether oxygens (including phenoxy) is 1. The van der Waals surface area contributed by atoms with Gasteiger partial charge in [-0.25, -0.2) is 4.79 Å². The van der Waals surface area contributed by atoms with Crippen molar-refractivity contribution in [1.82, 2.24) is 15.5 Å². The van der Waals surface area contributed by atoms with Crippen LogP contribution in [-0.4, -0.2) is 62.5 Å². The normalized spacial score (nSPS) is 12.7. The number of carbonyl (C=O) groups is 4. The largest absolute Gasteiger partial charge is 0.385 e. The van der Waals surface area contributed by atoms with Crippen molar-refractivity contribution in [2.75, 3.05) is 38.7 Å². The van der Waals surface area contributed by atoms with Crippen LogP contribution in [0.5, 0.6) is 0 Å². The third-order valence-corrected chi connectivity index (χ3v) is 3.83. The van der Waals surface area contributed by atoms with Crippen LogP contribution in [0.4, 0.5) is 10.5 Å². The molecule has 0 radical (unpaired) electrons. The first-order valence-electron chi connectivity index (χ1n) is 8.29. The van der Waals surface area contributed by atoms with E-state index in [1.165, 1.54) is 17.0 Å². The number of imide groups is 1. The molecule has 140 valence electrons. The molecule has 0 saturated heterocycles. The van der Waals surface area contributed by atoms with Gasteiger partial charge in [0, 0.05) is 39.0 Å².